The van der Waals surface area contributed by atoms with Crippen LogP contribution in [0.3, 0.4) is 0 Å². The van der Waals surface area contributed by atoms with Gasteiger partial charge in [-0.15, -0.1) is 5.10 Å². The molecule has 1 saturated carbocycles. The maximum atomic E-state index is 4.16. The fourth-order valence-corrected chi connectivity index (χ4v) is 2.06. The van der Waals surface area contributed by atoms with E-state index in [1.807, 2.05) is 4.68 Å². The van der Waals surface area contributed by atoms with Crippen LogP contribution in [0.1, 0.15) is 58.4 Å². The van der Waals surface area contributed by atoms with Gasteiger partial charge in [-0.3, -0.25) is 0 Å². The standard InChI is InChI=1S/C12H23N5/c1-8(2)7-13-9(3)12-14-15-16-17(12)10(4)11-5-6-11/h8-11,13H,5-7H2,1-4H3. The molecule has 5 nitrogen and oxygen atoms in total. The smallest absolute Gasteiger partial charge is 0.168 e. The van der Waals surface area contributed by atoms with Gasteiger partial charge in [0, 0.05) is 0 Å². The number of hydrogen-bond acceptors (Lipinski definition) is 4. The average molecular weight is 237 g/mol. The van der Waals surface area contributed by atoms with E-state index in [-0.39, 0.29) is 6.04 Å². The van der Waals surface area contributed by atoms with Crippen LogP contribution >= 0.6 is 0 Å². The van der Waals surface area contributed by atoms with Crippen molar-refractivity contribution in [2.45, 2.75) is 52.6 Å². The lowest BCUT2D eigenvalue weighted by atomic mass is 10.2. The fraction of sp³-hybridized carbons (Fsp3) is 0.917. The first-order chi connectivity index (χ1) is 8.09. The van der Waals surface area contributed by atoms with Gasteiger partial charge < -0.3 is 5.32 Å². The van der Waals surface area contributed by atoms with Gasteiger partial charge in [-0.25, -0.2) is 4.68 Å². The summed E-state index contributed by atoms with van der Waals surface area (Å²) in [5, 5.41) is 15.6. The average Bonchev–Trinajstić information content (AvgIpc) is 3.02. The third-order valence-corrected chi connectivity index (χ3v) is 3.43. The second kappa shape index (κ2) is 5.12. The van der Waals surface area contributed by atoms with E-state index in [9.17, 15) is 0 Å². The molecule has 96 valence electrons. The summed E-state index contributed by atoms with van der Waals surface area (Å²) in [6, 6.07) is 0.650. The van der Waals surface area contributed by atoms with E-state index in [4.69, 9.17) is 0 Å². The summed E-state index contributed by atoms with van der Waals surface area (Å²) in [5.41, 5.74) is 0. The molecule has 0 amide bonds. The Bertz CT molecular complexity index is 356. The Morgan fingerprint density at radius 2 is 2.00 bits per heavy atom. The fourth-order valence-electron chi connectivity index (χ4n) is 2.06. The number of hydrogen-bond donors (Lipinski definition) is 1. The van der Waals surface area contributed by atoms with Crippen molar-refractivity contribution in [3.63, 3.8) is 0 Å². The molecule has 1 heterocycles. The summed E-state index contributed by atoms with van der Waals surface area (Å²) in [7, 11) is 0. The molecule has 2 atom stereocenters. The first kappa shape index (κ1) is 12.5. The van der Waals surface area contributed by atoms with Gasteiger partial charge in [-0.05, 0) is 55.5 Å². The molecule has 0 aliphatic heterocycles. The Balaban J connectivity index is 2.01. The third kappa shape index (κ3) is 3.03. The van der Waals surface area contributed by atoms with Crippen molar-refractivity contribution in [2.75, 3.05) is 6.54 Å². The Hall–Kier alpha value is -0.970. The molecule has 0 spiro atoms. The van der Waals surface area contributed by atoms with Crippen LogP contribution in [0.25, 0.3) is 0 Å². The topological polar surface area (TPSA) is 55.6 Å². The number of tetrazole rings is 1. The molecular weight excluding hydrogens is 214 g/mol. The van der Waals surface area contributed by atoms with Crippen LogP contribution in [0.4, 0.5) is 0 Å². The lowest BCUT2D eigenvalue weighted by Crippen LogP contribution is -2.27. The van der Waals surface area contributed by atoms with E-state index in [0.29, 0.717) is 12.0 Å². The van der Waals surface area contributed by atoms with Crippen molar-refractivity contribution in [3.05, 3.63) is 5.82 Å². The molecule has 2 rings (SSSR count). The summed E-state index contributed by atoms with van der Waals surface area (Å²) < 4.78 is 2.00. The van der Waals surface area contributed by atoms with E-state index in [0.717, 1.165) is 18.3 Å². The van der Waals surface area contributed by atoms with E-state index in [1.54, 1.807) is 0 Å². The summed E-state index contributed by atoms with van der Waals surface area (Å²) in [6.45, 7) is 9.74. The summed E-state index contributed by atoms with van der Waals surface area (Å²) in [6.07, 6.45) is 2.63. The van der Waals surface area contributed by atoms with E-state index >= 15 is 0 Å². The van der Waals surface area contributed by atoms with E-state index in [2.05, 4.69) is 48.5 Å². The minimum absolute atomic E-state index is 0.216. The quantitative estimate of drug-likeness (QED) is 0.821. The van der Waals surface area contributed by atoms with Crippen LogP contribution in [-0.4, -0.2) is 26.8 Å². The number of nitrogens with one attached hydrogen (secondary N) is 1. The lowest BCUT2D eigenvalue weighted by molar-refractivity contribution is 0.386. The van der Waals surface area contributed by atoms with Gasteiger partial charge in [-0.2, -0.15) is 0 Å². The van der Waals surface area contributed by atoms with Crippen LogP contribution in [0, 0.1) is 11.8 Å². The van der Waals surface area contributed by atoms with Crippen molar-refractivity contribution in [1.29, 1.82) is 0 Å². The highest BCUT2D eigenvalue weighted by Crippen LogP contribution is 2.39. The van der Waals surface area contributed by atoms with Crippen LogP contribution in [0.2, 0.25) is 0 Å². The Labute approximate surface area is 103 Å². The summed E-state index contributed by atoms with van der Waals surface area (Å²) in [4.78, 5) is 0. The van der Waals surface area contributed by atoms with Crippen molar-refractivity contribution in [1.82, 2.24) is 25.5 Å². The van der Waals surface area contributed by atoms with E-state index < -0.39 is 0 Å². The molecule has 1 aromatic rings. The van der Waals surface area contributed by atoms with Gasteiger partial charge in [-0.1, -0.05) is 13.8 Å². The minimum Gasteiger partial charge on any atom is -0.307 e. The third-order valence-electron chi connectivity index (χ3n) is 3.43. The molecule has 1 aliphatic rings. The second-order valence-electron chi connectivity index (χ2n) is 5.58. The summed E-state index contributed by atoms with van der Waals surface area (Å²) >= 11 is 0. The zero-order valence-electron chi connectivity index (χ0n) is 11.2. The lowest BCUT2D eigenvalue weighted by Gasteiger charge is -2.18. The highest BCUT2D eigenvalue weighted by Gasteiger charge is 2.32. The molecule has 0 saturated heterocycles. The summed E-state index contributed by atoms with van der Waals surface area (Å²) in [5.74, 6) is 2.38. The van der Waals surface area contributed by atoms with Crippen molar-refractivity contribution < 1.29 is 0 Å². The molecule has 1 aromatic heterocycles. The predicted octanol–water partition coefficient (Wildman–Crippen LogP) is 1.95. The number of aromatic nitrogens is 4. The molecule has 5 heteroatoms. The van der Waals surface area contributed by atoms with Crippen molar-refractivity contribution >= 4 is 0 Å². The van der Waals surface area contributed by atoms with Crippen molar-refractivity contribution in [2.24, 2.45) is 11.8 Å². The SMILES string of the molecule is CC(C)CNC(C)c1nnnn1C(C)C1CC1. The molecule has 17 heavy (non-hydrogen) atoms. The molecule has 2 unspecified atom stereocenters. The molecular formula is C12H23N5. The molecule has 1 aliphatic carbocycles. The van der Waals surface area contributed by atoms with Gasteiger partial charge >= 0.3 is 0 Å². The van der Waals surface area contributed by atoms with Gasteiger partial charge in [0.25, 0.3) is 0 Å². The predicted molar refractivity (Wildman–Crippen MR) is 66.5 cm³/mol. The molecule has 1 N–H and O–H groups in total. The number of rotatable bonds is 6. The Kier molecular flexibility index (Phi) is 3.76. The Morgan fingerprint density at radius 1 is 1.29 bits per heavy atom. The zero-order valence-corrected chi connectivity index (χ0v) is 11.2. The first-order valence-corrected chi connectivity index (χ1v) is 6.60. The van der Waals surface area contributed by atoms with Crippen molar-refractivity contribution in [3.8, 4) is 0 Å². The highest BCUT2D eigenvalue weighted by molar-refractivity contribution is 4.94. The highest BCUT2D eigenvalue weighted by atomic mass is 15.6. The number of nitrogens with zero attached hydrogens (tertiary/aromatic N) is 4. The first-order valence-electron chi connectivity index (χ1n) is 6.60. The second-order valence-corrected chi connectivity index (χ2v) is 5.58. The van der Waals surface area contributed by atoms with Gasteiger partial charge in [0.05, 0.1) is 12.1 Å². The zero-order chi connectivity index (χ0) is 12.4. The maximum absolute atomic E-state index is 4.16. The van der Waals surface area contributed by atoms with Crippen LogP contribution < -0.4 is 5.32 Å². The molecule has 0 aromatic carbocycles. The van der Waals surface area contributed by atoms with Crippen LogP contribution in [0.5, 0.6) is 0 Å². The molecule has 0 radical (unpaired) electrons. The maximum Gasteiger partial charge on any atom is 0.168 e. The van der Waals surface area contributed by atoms with Gasteiger partial charge in [0.15, 0.2) is 5.82 Å². The normalized spacial score (nSPS) is 19.6. The van der Waals surface area contributed by atoms with Gasteiger partial charge in [0.1, 0.15) is 0 Å². The minimum atomic E-state index is 0.216. The Morgan fingerprint density at radius 3 is 2.59 bits per heavy atom. The van der Waals surface area contributed by atoms with E-state index in [1.165, 1.54) is 12.8 Å². The van der Waals surface area contributed by atoms with Gasteiger partial charge in [0.2, 0.25) is 0 Å². The monoisotopic (exact) mass is 237 g/mol. The molecule has 1 fully saturated rings. The van der Waals surface area contributed by atoms with Crippen LogP contribution in [0.15, 0.2) is 0 Å². The largest absolute Gasteiger partial charge is 0.307 e. The molecule has 0 bridgehead atoms. The van der Waals surface area contributed by atoms with Crippen LogP contribution in [-0.2, 0) is 0 Å².